The van der Waals surface area contributed by atoms with Crippen molar-refractivity contribution >= 4 is 16.7 Å². The second-order valence-corrected chi connectivity index (χ2v) is 11.5. The largest absolute Gasteiger partial charge is 0.493 e. The zero-order valence-corrected chi connectivity index (χ0v) is 22.7. The average molecular weight is 503 g/mol. The van der Waals surface area contributed by atoms with E-state index in [9.17, 15) is 9.47 Å². The lowest BCUT2D eigenvalue weighted by molar-refractivity contribution is -0.0529. The number of nitrogens with one attached hydrogen (secondary N) is 1. The van der Waals surface area contributed by atoms with Crippen molar-refractivity contribution in [3.8, 4) is 22.9 Å². The second kappa shape index (κ2) is 10.5. The molecule has 0 saturated heterocycles. The van der Waals surface area contributed by atoms with E-state index in [1.807, 2.05) is 13.0 Å². The monoisotopic (exact) mass is 502 g/mol. The summed E-state index contributed by atoms with van der Waals surface area (Å²) >= 11 is 0. The fourth-order valence-corrected chi connectivity index (χ4v) is 5.96. The Hall–Kier alpha value is -3.14. The van der Waals surface area contributed by atoms with Crippen LogP contribution in [-0.2, 0) is 22.1 Å². The van der Waals surface area contributed by atoms with Crippen LogP contribution in [0.5, 0.6) is 5.75 Å². The summed E-state index contributed by atoms with van der Waals surface area (Å²) in [5.74, 6) is 0.963. The Kier molecular flexibility index (Phi) is 7.54. The molecule has 188 valence electrons. The smallest absolute Gasteiger partial charge is 0.151 e. The summed E-state index contributed by atoms with van der Waals surface area (Å²) in [6, 6.07) is 17.6. The molecule has 2 unspecified atom stereocenters. The molecule has 0 fully saturated rings. The number of benzene rings is 3. The van der Waals surface area contributed by atoms with E-state index >= 15 is 0 Å². The summed E-state index contributed by atoms with van der Waals surface area (Å²) in [6.07, 6.45) is 1.82. The van der Waals surface area contributed by atoms with Gasteiger partial charge in [-0.05, 0) is 118 Å². The van der Waals surface area contributed by atoms with Gasteiger partial charge in [0.25, 0.3) is 0 Å². The number of nitriles is 1. The molecule has 0 bridgehead atoms. The minimum Gasteiger partial charge on any atom is -0.493 e. The molecule has 0 spiro atoms. The van der Waals surface area contributed by atoms with Gasteiger partial charge in [0.15, 0.2) is 11.0 Å². The summed E-state index contributed by atoms with van der Waals surface area (Å²) in [5, 5.41) is 9.47. The maximum Gasteiger partial charge on any atom is 0.151 e. The topological polar surface area (TPSA) is 71.4 Å². The Bertz CT molecular complexity index is 1350. The number of nitrogens with zero attached hydrogens (tertiary/aromatic N) is 1. The molecule has 3 aromatic rings. The molecule has 3 aromatic carbocycles. The number of anilines is 1. The third-order valence-corrected chi connectivity index (χ3v) is 7.54. The molecular weight excluding hydrogens is 468 g/mol. The lowest BCUT2D eigenvalue weighted by Crippen LogP contribution is -2.22. The van der Waals surface area contributed by atoms with Gasteiger partial charge >= 0.3 is 0 Å². The van der Waals surface area contributed by atoms with Crippen molar-refractivity contribution in [3.05, 3.63) is 76.3 Å². The van der Waals surface area contributed by atoms with Gasteiger partial charge in [0.2, 0.25) is 0 Å². The highest BCUT2D eigenvalue weighted by molar-refractivity contribution is 7.86. The first kappa shape index (κ1) is 25.9. The predicted molar refractivity (Wildman–Crippen MR) is 146 cm³/mol. The van der Waals surface area contributed by atoms with Crippen LogP contribution in [0.3, 0.4) is 0 Å². The van der Waals surface area contributed by atoms with Gasteiger partial charge in [0.1, 0.15) is 11.8 Å². The molecule has 0 aliphatic carbocycles. The average Bonchev–Trinajstić information content (AvgIpc) is 2.84. The quantitative estimate of drug-likeness (QED) is 0.388. The number of rotatable bonds is 6. The SMILES string of the molecule is Cc1cc(NS(=O)c2ccccc2C#N)c(C)c(C(C)OC(C)(C)C)c1-c1ccc2c(c1)CCCO2. The molecule has 1 aliphatic rings. The van der Waals surface area contributed by atoms with E-state index < -0.39 is 11.0 Å². The van der Waals surface area contributed by atoms with Crippen molar-refractivity contribution < 1.29 is 13.7 Å². The molecule has 4 rings (SSSR count). The van der Waals surface area contributed by atoms with Gasteiger partial charge in [-0.25, -0.2) is 4.21 Å². The molecule has 0 radical (unpaired) electrons. The Morgan fingerprint density at radius 3 is 2.61 bits per heavy atom. The normalized spacial score (nSPS) is 14.8. The van der Waals surface area contributed by atoms with Crippen molar-refractivity contribution in [1.29, 1.82) is 5.26 Å². The first-order valence-electron chi connectivity index (χ1n) is 12.3. The van der Waals surface area contributed by atoms with E-state index in [1.54, 1.807) is 24.3 Å². The lowest BCUT2D eigenvalue weighted by atomic mass is 9.87. The van der Waals surface area contributed by atoms with Crippen LogP contribution in [0, 0.1) is 25.2 Å². The van der Waals surface area contributed by atoms with Crippen LogP contribution in [0.1, 0.15) is 68.0 Å². The first-order valence-corrected chi connectivity index (χ1v) is 13.5. The maximum atomic E-state index is 13.3. The van der Waals surface area contributed by atoms with Crippen LogP contribution >= 0.6 is 0 Å². The summed E-state index contributed by atoms with van der Waals surface area (Å²) in [4.78, 5) is 0.469. The number of ether oxygens (including phenoxy) is 2. The number of aryl methyl sites for hydroxylation is 2. The molecule has 6 heteroatoms. The zero-order valence-electron chi connectivity index (χ0n) is 21.9. The van der Waals surface area contributed by atoms with E-state index in [4.69, 9.17) is 9.47 Å². The highest BCUT2D eigenvalue weighted by atomic mass is 32.2. The molecule has 2 atom stereocenters. The number of hydrogen-bond donors (Lipinski definition) is 1. The summed E-state index contributed by atoms with van der Waals surface area (Å²) in [7, 11) is -1.59. The van der Waals surface area contributed by atoms with Crippen LogP contribution in [0.25, 0.3) is 11.1 Å². The Morgan fingerprint density at radius 2 is 1.89 bits per heavy atom. The Morgan fingerprint density at radius 1 is 1.14 bits per heavy atom. The van der Waals surface area contributed by atoms with Gasteiger partial charge in [-0.1, -0.05) is 18.2 Å². The van der Waals surface area contributed by atoms with Crippen LogP contribution in [0.15, 0.2) is 53.4 Å². The highest BCUT2D eigenvalue weighted by Gasteiger charge is 2.25. The van der Waals surface area contributed by atoms with Crippen LogP contribution in [-0.4, -0.2) is 16.4 Å². The Labute approximate surface area is 217 Å². The third-order valence-electron chi connectivity index (χ3n) is 6.38. The standard InChI is InChI=1S/C30H34N2O3S/c1-19-16-25(32-36(33)27-12-8-7-10-24(27)18-31)20(2)29(21(3)35-30(4,5)6)28(19)23-13-14-26-22(17-23)11-9-15-34-26/h7-8,10,12-14,16-17,21,32H,9,11,15H2,1-6H3. The molecule has 1 N–H and O–H groups in total. The molecule has 5 nitrogen and oxygen atoms in total. The predicted octanol–water partition coefficient (Wildman–Crippen LogP) is 7.18. The van der Waals surface area contributed by atoms with Crippen LogP contribution in [0.2, 0.25) is 0 Å². The molecule has 0 amide bonds. The van der Waals surface area contributed by atoms with E-state index in [0.717, 1.165) is 58.7 Å². The summed E-state index contributed by atoms with van der Waals surface area (Å²) in [6.45, 7) is 13.1. The fourth-order valence-electron chi connectivity index (χ4n) is 4.92. The van der Waals surface area contributed by atoms with E-state index in [0.29, 0.717) is 10.5 Å². The lowest BCUT2D eigenvalue weighted by Gasteiger charge is -2.30. The zero-order chi connectivity index (χ0) is 26.0. The minimum absolute atomic E-state index is 0.201. The van der Waals surface area contributed by atoms with E-state index in [1.165, 1.54) is 5.56 Å². The van der Waals surface area contributed by atoms with Crippen molar-refractivity contribution in [3.63, 3.8) is 0 Å². The van der Waals surface area contributed by atoms with E-state index in [-0.39, 0.29) is 11.7 Å². The summed E-state index contributed by atoms with van der Waals surface area (Å²) in [5.41, 5.74) is 7.41. The van der Waals surface area contributed by atoms with Crippen molar-refractivity contribution in [1.82, 2.24) is 0 Å². The van der Waals surface area contributed by atoms with Crippen LogP contribution < -0.4 is 9.46 Å². The summed E-state index contributed by atoms with van der Waals surface area (Å²) < 4.78 is 28.7. The molecule has 36 heavy (non-hydrogen) atoms. The third kappa shape index (κ3) is 5.48. The van der Waals surface area contributed by atoms with Gasteiger partial charge in [0, 0.05) is 0 Å². The first-order chi connectivity index (χ1) is 17.1. The van der Waals surface area contributed by atoms with Gasteiger partial charge < -0.3 is 14.2 Å². The fraction of sp³-hybridized carbons (Fsp3) is 0.367. The second-order valence-electron chi connectivity index (χ2n) is 10.3. The van der Waals surface area contributed by atoms with Crippen molar-refractivity contribution in [2.24, 2.45) is 0 Å². The molecule has 1 heterocycles. The maximum absolute atomic E-state index is 13.3. The molecule has 0 saturated carbocycles. The van der Waals surface area contributed by atoms with E-state index in [2.05, 4.69) is 63.6 Å². The van der Waals surface area contributed by atoms with Gasteiger partial charge in [-0.15, -0.1) is 0 Å². The highest BCUT2D eigenvalue weighted by Crippen LogP contribution is 2.42. The molecular formula is C30H34N2O3S. The molecule has 1 aliphatic heterocycles. The van der Waals surface area contributed by atoms with Gasteiger partial charge in [-0.2, -0.15) is 5.26 Å². The number of hydrogen-bond acceptors (Lipinski definition) is 4. The number of fused-ring (bicyclic) bond motifs is 1. The van der Waals surface area contributed by atoms with Gasteiger partial charge in [0.05, 0.1) is 34.5 Å². The van der Waals surface area contributed by atoms with Crippen molar-refractivity contribution in [2.75, 3.05) is 11.3 Å². The Balaban J connectivity index is 1.83. The van der Waals surface area contributed by atoms with Gasteiger partial charge in [-0.3, -0.25) is 0 Å². The molecule has 0 aromatic heterocycles. The van der Waals surface area contributed by atoms with Crippen molar-refractivity contribution in [2.45, 2.75) is 71.0 Å². The minimum atomic E-state index is -1.59. The van der Waals surface area contributed by atoms with Crippen LogP contribution in [0.4, 0.5) is 5.69 Å².